The maximum atomic E-state index is 12.4. The molecule has 0 aromatic heterocycles. The van der Waals surface area contributed by atoms with E-state index in [1.165, 1.54) is 13.8 Å². The van der Waals surface area contributed by atoms with Gasteiger partial charge >= 0.3 is 10.9 Å². The summed E-state index contributed by atoms with van der Waals surface area (Å²) in [7, 11) is 0. The van der Waals surface area contributed by atoms with E-state index in [9.17, 15) is 17.6 Å². The Morgan fingerprint density at radius 3 is 1.64 bits per heavy atom. The molecule has 0 N–H and O–H groups in total. The minimum Gasteiger partial charge on any atom is -0.328 e. The van der Waals surface area contributed by atoms with Gasteiger partial charge in [-0.05, 0) is 29.8 Å². The predicted molar refractivity (Wildman–Crippen MR) is 35.0 cm³/mol. The molecule has 68 valence electrons. The highest BCUT2D eigenvalue weighted by atomic mass is 79.9. The van der Waals surface area contributed by atoms with Gasteiger partial charge in [0.1, 0.15) is 0 Å². The van der Waals surface area contributed by atoms with E-state index in [0.29, 0.717) is 0 Å². The molecule has 0 spiro atoms. The zero-order valence-corrected chi connectivity index (χ0v) is 7.46. The van der Waals surface area contributed by atoms with Crippen LogP contribution in [0.1, 0.15) is 13.8 Å². The fourth-order valence-electron chi connectivity index (χ4n) is 0.363. The molecular formula is C5H7BrF4O. The van der Waals surface area contributed by atoms with Crippen LogP contribution in [-0.4, -0.2) is 17.0 Å². The normalized spacial score (nSPS) is 18.5. The Morgan fingerprint density at radius 2 is 1.55 bits per heavy atom. The van der Waals surface area contributed by atoms with E-state index >= 15 is 0 Å². The lowest BCUT2D eigenvalue weighted by Crippen LogP contribution is -2.39. The molecule has 0 rings (SSSR count). The molecule has 1 unspecified atom stereocenters. The van der Waals surface area contributed by atoms with Gasteiger partial charge in [0.15, 0.2) is 0 Å². The van der Waals surface area contributed by atoms with Crippen molar-refractivity contribution in [1.29, 1.82) is 0 Å². The molecule has 0 aliphatic carbocycles. The molecule has 0 aliphatic heterocycles. The van der Waals surface area contributed by atoms with Crippen molar-refractivity contribution in [2.75, 3.05) is 0 Å². The summed E-state index contributed by atoms with van der Waals surface area (Å²) < 4.78 is 47.6. The standard InChI is InChI=1S/C5H7BrF4O/c1-3(2)11-4(6,7)5(8,9)10/h3H,1-2H3. The lowest BCUT2D eigenvalue weighted by molar-refractivity contribution is -0.290. The van der Waals surface area contributed by atoms with Crippen LogP contribution in [0.2, 0.25) is 0 Å². The fraction of sp³-hybridized carbons (Fsp3) is 1.00. The quantitative estimate of drug-likeness (QED) is 0.531. The SMILES string of the molecule is CC(C)OC(F)(Br)C(F)(F)F. The second kappa shape index (κ2) is 3.26. The largest absolute Gasteiger partial charge is 0.459 e. The van der Waals surface area contributed by atoms with E-state index in [1.807, 2.05) is 0 Å². The van der Waals surface area contributed by atoms with Gasteiger partial charge in [-0.1, -0.05) is 0 Å². The van der Waals surface area contributed by atoms with Crippen LogP contribution in [0.5, 0.6) is 0 Å². The third-order valence-electron chi connectivity index (χ3n) is 0.714. The van der Waals surface area contributed by atoms with Gasteiger partial charge in [0.25, 0.3) is 0 Å². The van der Waals surface area contributed by atoms with Gasteiger partial charge in [-0.2, -0.15) is 17.6 Å². The molecule has 0 saturated carbocycles. The van der Waals surface area contributed by atoms with Gasteiger partial charge in [-0.25, -0.2) is 0 Å². The van der Waals surface area contributed by atoms with Crippen LogP contribution in [0.3, 0.4) is 0 Å². The van der Waals surface area contributed by atoms with Crippen molar-refractivity contribution in [3.63, 3.8) is 0 Å². The molecular weight excluding hydrogens is 232 g/mol. The van der Waals surface area contributed by atoms with Crippen LogP contribution < -0.4 is 0 Å². The molecule has 1 atom stereocenters. The Morgan fingerprint density at radius 1 is 1.18 bits per heavy atom. The summed E-state index contributed by atoms with van der Waals surface area (Å²) in [6, 6.07) is 0. The van der Waals surface area contributed by atoms with Crippen LogP contribution in [-0.2, 0) is 4.74 Å². The van der Waals surface area contributed by atoms with E-state index in [-0.39, 0.29) is 0 Å². The van der Waals surface area contributed by atoms with E-state index in [2.05, 4.69) is 4.74 Å². The number of hydrogen-bond donors (Lipinski definition) is 0. The van der Waals surface area contributed by atoms with Crippen molar-refractivity contribution >= 4 is 15.9 Å². The van der Waals surface area contributed by atoms with Gasteiger partial charge in [0.05, 0.1) is 6.10 Å². The molecule has 0 radical (unpaired) electrons. The highest BCUT2D eigenvalue weighted by molar-refractivity contribution is 9.10. The van der Waals surface area contributed by atoms with Crippen LogP contribution in [0.4, 0.5) is 17.6 Å². The van der Waals surface area contributed by atoms with Crippen LogP contribution >= 0.6 is 15.9 Å². The minimum atomic E-state index is -5.04. The molecule has 0 aromatic rings. The van der Waals surface area contributed by atoms with Crippen LogP contribution in [0, 0.1) is 0 Å². The highest BCUT2D eigenvalue weighted by Crippen LogP contribution is 2.40. The van der Waals surface area contributed by atoms with Gasteiger partial charge in [-0.3, -0.25) is 0 Å². The number of alkyl halides is 5. The molecule has 0 amide bonds. The minimum absolute atomic E-state index is 0.832. The molecule has 0 saturated heterocycles. The number of rotatable bonds is 2. The fourth-order valence-corrected chi connectivity index (χ4v) is 0.737. The summed E-state index contributed by atoms with van der Waals surface area (Å²) in [5.74, 6) is 0. The predicted octanol–water partition coefficient (Wildman–Crippen LogP) is 2.99. The summed E-state index contributed by atoms with van der Waals surface area (Å²) in [6.07, 6.45) is -5.88. The van der Waals surface area contributed by atoms with Crippen LogP contribution in [0.15, 0.2) is 0 Å². The molecule has 0 fully saturated rings. The first-order valence-electron chi connectivity index (χ1n) is 2.79. The Kier molecular flexibility index (Phi) is 3.31. The zero-order valence-electron chi connectivity index (χ0n) is 5.88. The summed E-state index contributed by atoms with van der Waals surface area (Å²) in [5, 5.41) is 0. The Bertz CT molecular complexity index is 131. The lowest BCUT2D eigenvalue weighted by atomic mass is 10.5. The third-order valence-corrected chi connectivity index (χ3v) is 1.35. The van der Waals surface area contributed by atoms with Crippen molar-refractivity contribution in [2.24, 2.45) is 0 Å². The van der Waals surface area contributed by atoms with Crippen LogP contribution in [0.25, 0.3) is 0 Å². The highest BCUT2D eigenvalue weighted by Gasteiger charge is 2.56. The van der Waals surface area contributed by atoms with Crippen molar-refractivity contribution in [3.05, 3.63) is 0 Å². The molecule has 0 aliphatic rings. The Balaban J connectivity index is 4.22. The summed E-state index contributed by atoms with van der Waals surface area (Å²) in [6.45, 7) is 2.61. The van der Waals surface area contributed by atoms with Gasteiger partial charge in [0.2, 0.25) is 0 Å². The maximum Gasteiger partial charge on any atom is 0.459 e. The molecule has 0 bridgehead atoms. The molecule has 6 heteroatoms. The summed E-state index contributed by atoms with van der Waals surface area (Å²) >= 11 is 1.79. The second-order valence-electron chi connectivity index (χ2n) is 2.18. The first kappa shape index (κ1) is 11.2. The van der Waals surface area contributed by atoms with E-state index < -0.39 is 17.0 Å². The number of ether oxygens (including phenoxy) is 1. The summed E-state index contributed by atoms with van der Waals surface area (Å²) in [5.41, 5.74) is 0. The van der Waals surface area contributed by atoms with E-state index in [1.54, 1.807) is 15.9 Å². The van der Waals surface area contributed by atoms with Crippen molar-refractivity contribution in [1.82, 2.24) is 0 Å². The monoisotopic (exact) mass is 238 g/mol. The maximum absolute atomic E-state index is 12.4. The van der Waals surface area contributed by atoms with E-state index in [0.717, 1.165) is 0 Å². The van der Waals surface area contributed by atoms with Gasteiger partial charge < -0.3 is 4.74 Å². The van der Waals surface area contributed by atoms with Crippen molar-refractivity contribution in [2.45, 2.75) is 30.9 Å². The van der Waals surface area contributed by atoms with Gasteiger partial charge in [-0.15, -0.1) is 0 Å². The zero-order chi connectivity index (χ0) is 9.28. The number of hydrogen-bond acceptors (Lipinski definition) is 1. The van der Waals surface area contributed by atoms with E-state index in [4.69, 9.17) is 0 Å². The average molecular weight is 239 g/mol. The number of halogens is 5. The third kappa shape index (κ3) is 3.37. The van der Waals surface area contributed by atoms with Gasteiger partial charge in [0, 0.05) is 0 Å². The molecule has 1 nitrogen and oxygen atoms in total. The first-order valence-corrected chi connectivity index (χ1v) is 3.58. The Hall–Kier alpha value is 0.160. The Labute approximate surface area is 69.8 Å². The molecule has 0 aromatic carbocycles. The van der Waals surface area contributed by atoms with Crippen molar-refractivity contribution < 1.29 is 22.3 Å². The topological polar surface area (TPSA) is 9.23 Å². The smallest absolute Gasteiger partial charge is 0.328 e. The summed E-state index contributed by atoms with van der Waals surface area (Å²) in [4.78, 5) is 0. The molecule has 11 heavy (non-hydrogen) atoms. The molecule has 0 heterocycles. The average Bonchev–Trinajstić information content (AvgIpc) is 1.56. The second-order valence-corrected chi connectivity index (χ2v) is 3.20. The van der Waals surface area contributed by atoms with Crippen molar-refractivity contribution in [3.8, 4) is 0 Å². The first-order chi connectivity index (χ1) is 4.67. The lowest BCUT2D eigenvalue weighted by Gasteiger charge is -2.23.